The van der Waals surface area contributed by atoms with Gasteiger partial charge in [-0.1, -0.05) is 74.0 Å². The van der Waals surface area contributed by atoms with Gasteiger partial charge in [-0.3, -0.25) is 5.43 Å². The molecule has 4 rings (SSSR count). The fraction of sp³-hybridized carbons (Fsp3) is 0.200. The van der Waals surface area contributed by atoms with Crippen LogP contribution < -0.4 is 10.2 Å². The normalized spacial score (nSPS) is 11.3. The van der Waals surface area contributed by atoms with Crippen molar-refractivity contribution in [2.75, 3.05) is 12.0 Å². The van der Waals surface area contributed by atoms with Crippen molar-refractivity contribution in [2.24, 2.45) is 5.10 Å². The van der Waals surface area contributed by atoms with E-state index in [1.165, 1.54) is 5.39 Å². The molecule has 0 saturated carbocycles. The molecule has 0 fully saturated rings. The Morgan fingerprint density at radius 3 is 2.67 bits per heavy atom. The molecular weight excluding hydrogens is 390 g/mol. The monoisotopic (exact) mass is 415 g/mol. The minimum absolute atomic E-state index is 0.704. The number of hydrogen-bond donors (Lipinski definition) is 1. The summed E-state index contributed by atoms with van der Waals surface area (Å²) in [6, 6.07) is 22.6. The molecule has 0 radical (unpaired) electrons. The zero-order valence-corrected chi connectivity index (χ0v) is 18.1. The maximum absolute atomic E-state index is 6.04. The molecule has 0 spiro atoms. The summed E-state index contributed by atoms with van der Waals surface area (Å²) in [6.45, 7) is 4.95. The molecule has 0 bridgehead atoms. The third-order valence-corrected chi connectivity index (χ3v) is 5.76. The fourth-order valence-electron chi connectivity index (χ4n) is 3.32. The standard InChI is InChI=1S/C25H25N3OS/c1-3-4-16-29-23-15-14-19-10-8-9-13-21(19)22(23)17-26-28-25-27-24(18(2)30-25)20-11-6-5-7-12-20/h5-15,17H,3-4,16H2,1-2H3,(H,27,28)/b26-17+. The summed E-state index contributed by atoms with van der Waals surface area (Å²) >= 11 is 1.60. The molecule has 1 heterocycles. The molecule has 1 aromatic heterocycles. The summed E-state index contributed by atoms with van der Waals surface area (Å²) in [4.78, 5) is 5.88. The van der Waals surface area contributed by atoms with Crippen molar-refractivity contribution in [3.8, 4) is 17.0 Å². The van der Waals surface area contributed by atoms with Crippen LogP contribution in [-0.4, -0.2) is 17.8 Å². The van der Waals surface area contributed by atoms with Gasteiger partial charge >= 0.3 is 0 Å². The van der Waals surface area contributed by atoms with Crippen LogP contribution in [0.1, 0.15) is 30.2 Å². The van der Waals surface area contributed by atoms with E-state index >= 15 is 0 Å². The van der Waals surface area contributed by atoms with Crippen molar-refractivity contribution in [3.63, 3.8) is 0 Å². The van der Waals surface area contributed by atoms with E-state index in [1.807, 2.05) is 42.6 Å². The molecule has 0 atom stereocenters. The first kappa shape index (κ1) is 20.1. The van der Waals surface area contributed by atoms with Crippen molar-refractivity contribution >= 4 is 33.5 Å². The number of thiazole rings is 1. The summed E-state index contributed by atoms with van der Waals surface area (Å²) in [5, 5.41) is 7.55. The van der Waals surface area contributed by atoms with Crippen molar-refractivity contribution in [1.29, 1.82) is 0 Å². The van der Waals surface area contributed by atoms with E-state index < -0.39 is 0 Å². The Labute approximate surface area is 181 Å². The van der Waals surface area contributed by atoms with E-state index in [0.717, 1.165) is 50.8 Å². The lowest BCUT2D eigenvalue weighted by molar-refractivity contribution is 0.309. The largest absolute Gasteiger partial charge is 0.493 e. The maximum Gasteiger partial charge on any atom is 0.204 e. The van der Waals surface area contributed by atoms with Gasteiger partial charge in [0.15, 0.2) is 0 Å². The van der Waals surface area contributed by atoms with Gasteiger partial charge in [0, 0.05) is 16.0 Å². The lowest BCUT2D eigenvalue weighted by Gasteiger charge is -2.11. The van der Waals surface area contributed by atoms with Crippen molar-refractivity contribution in [2.45, 2.75) is 26.7 Å². The molecule has 0 aliphatic heterocycles. The molecule has 0 aliphatic carbocycles. The van der Waals surface area contributed by atoms with E-state index in [1.54, 1.807) is 11.3 Å². The zero-order valence-electron chi connectivity index (χ0n) is 17.3. The maximum atomic E-state index is 6.04. The van der Waals surface area contributed by atoms with E-state index in [0.29, 0.717) is 6.61 Å². The van der Waals surface area contributed by atoms with Gasteiger partial charge in [0.25, 0.3) is 0 Å². The molecule has 0 unspecified atom stereocenters. The van der Waals surface area contributed by atoms with Gasteiger partial charge in [-0.15, -0.1) is 11.3 Å². The molecule has 30 heavy (non-hydrogen) atoms. The van der Waals surface area contributed by atoms with Crippen LogP contribution in [0.2, 0.25) is 0 Å². The smallest absolute Gasteiger partial charge is 0.204 e. The number of hydrogen-bond acceptors (Lipinski definition) is 5. The number of nitrogens with one attached hydrogen (secondary N) is 1. The highest BCUT2D eigenvalue weighted by molar-refractivity contribution is 7.15. The Morgan fingerprint density at radius 2 is 1.83 bits per heavy atom. The Hall–Kier alpha value is -3.18. The van der Waals surface area contributed by atoms with Crippen LogP contribution in [0.5, 0.6) is 5.75 Å². The number of benzene rings is 3. The Bertz CT molecular complexity index is 1150. The second kappa shape index (κ2) is 9.55. The molecule has 1 N–H and O–H groups in total. The number of hydrazone groups is 1. The van der Waals surface area contributed by atoms with Crippen molar-refractivity contribution < 1.29 is 4.74 Å². The lowest BCUT2D eigenvalue weighted by Crippen LogP contribution is -2.01. The summed E-state index contributed by atoms with van der Waals surface area (Å²) in [7, 11) is 0. The zero-order chi connectivity index (χ0) is 20.8. The predicted molar refractivity (Wildman–Crippen MR) is 128 cm³/mol. The fourth-order valence-corrected chi connectivity index (χ4v) is 4.11. The molecule has 0 amide bonds. The van der Waals surface area contributed by atoms with Crippen LogP contribution >= 0.6 is 11.3 Å². The van der Waals surface area contributed by atoms with E-state index in [2.05, 4.69) is 54.7 Å². The average molecular weight is 416 g/mol. The first-order valence-corrected chi connectivity index (χ1v) is 11.0. The average Bonchev–Trinajstić information content (AvgIpc) is 3.16. The number of rotatable bonds is 8. The minimum Gasteiger partial charge on any atom is -0.493 e. The van der Waals surface area contributed by atoms with E-state index in [4.69, 9.17) is 9.72 Å². The van der Waals surface area contributed by atoms with Gasteiger partial charge in [0.1, 0.15) is 5.75 Å². The first-order valence-electron chi connectivity index (χ1n) is 10.2. The number of nitrogens with zero attached hydrogens (tertiary/aromatic N) is 2. The highest BCUT2D eigenvalue weighted by Gasteiger charge is 2.10. The highest BCUT2D eigenvalue weighted by Crippen LogP contribution is 2.30. The third kappa shape index (κ3) is 4.52. The molecule has 0 aliphatic rings. The highest BCUT2D eigenvalue weighted by atomic mass is 32.1. The molecule has 152 valence electrons. The van der Waals surface area contributed by atoms with Gasteiger partial charge < -0.3 is 4.74 Å². The minimum atomic E-state index is 0.704. The number of aryl methyl sites for hydroxylation is 1. The van der Waals surface area contributed by atoms with Crippen LogP contribution in [-0.2, 0) is 0 Å². The second-order valence-corrected chi connectivity index (χ2v) is 8.26. The molecule has 3 aromatic carbocycles. The quantitative estimate of drug-likeness (QED) is 0.193. The number of ether oxygens (including phenoxy) is 1. The second-order valence-electron chi connectivity index (χ2n) is 7.06. The van der Waals surface area contributed by atoms with E-state index in [-0.39, 0.29) is 0 Å². The van der Waals surface area contributed by atoms with Crippen LogP contribution in [0.25, 0.3) is 22.0 Å². The Kier molecular flexibility index (Phi) is 6.40. The summed E-state index contributed by atoms with van der Waals surface area (Å²) < 4.78 is 6.04. The molecular formula is C25H25N3OS. The topological polar surface area (TPSA) is 46.5 Å². The molecule has 4 nitrogen and oxygen atoms in total. The first-order chi connectivity index (χ1) is 14.8. The predicted octanol–water partition coefficient (Wildman–Crippen LogP) is 6.90. The van der Waals surface area contributed by atoms with Crippen LogP contribution in [0.3, 0.4) is 0 Å². The van der Waals surface area contributed by atoms with Crippen LogP contribution in [0, 0.1) is 6.92 Å². The number of unbranched alkanes of at least 4 members (excludes halogenated alkanes) is 1. The molecule has 0 saturated heterocycles. The summed E-state index contributed by atoms with van der Waals surface area (Å²) in [5.41, 5.74) is 6.19. The Balaban J connectivity index is 1.59. The number of fused-ring (bicyclic) bond motifs is 1. The summed E-state index contributed by atoms with van der Waals surface area (Å²) in [5.74, 6) is 0.855. The van der Waals surface area contributed by atoms with Crippen LogP contribution in [0.15, 0.2) is 71.8 Å². The van der Waals surface area contributed by atoms with Gasteiger partial charge in [-0.05, 0) is 30.2 Å². The van der Waals surface area contributed by atoms with Gasteiger partial charge in [-0.2, -0.15) is 5.10 Å². The Morgan fingerprint density at radius 1 is 1.03 bits per heavy atom. The SMILES string of the molecule is CCCCOc1ccc2ccccc2c1/C=N/Nc1nc(-c2ccccc2)c(C)s1. The molecule has 5 heteroatoms. The number of aromatic nitrogens is 1. The van der Waals surface area contributed by atoms with Gasteiger partial charge in [0.2, 0.25) is 5.13 Å². The number of anilines is 1. The van der Waals surface area contributed by atoms with Gasteiger partial charge in [-0.25, -0.2) is 4.98 Å². The van der Waals surface area contributed by atoms with Gasteiger partial charge in [0.05, 0.1) is 18.5 Å². The van der Waals surface area contributed by atoms with Crippen LogP contribution in [0.4, 0.5) is 5.13 Å². The lowest BCUT2D eigenvalue weighted by atomic mass is 10.0. The molecule has 4 aromatic rings. The van der Waals surface area contributed by atoms with Crippen molar-refractivity contribution in [3.05, 3.63) is 77.2 Å². The summed E-state index contributed by atoms with van der Waals surface area (Å²) in [6.07, 6.45) is 3.97. The third-order valence-electron chi connectivity index (χ3n) is 4.88. The van der Waals surface area contributed by atoms with Crippen molar-refractivity contribution in [1.82, 2.24) is 4.98 Å². The van der Waals surface area contributed by atoms with E-state index in [9.17, 15) is 0 Å².